The fourth-order valence-corrected chi connectivity index (χ4v) is 5.84. The summed E-state index contributed by atoms with van der Waals surface area (Å²) in [5.41, 5.74) is 6.12. The molecule has 4 aromatic rings. The van der Waals surface area contributed by atoms with Gasteiger partial charge in [-0.25, -0.2) is 0 Å². The van der Waals surface area contributed by atoms with E-state index in [-0.39, 0.29) is 39.6 Å². The Labute approximate surface area is 310 Å². The van der Waals surface area contributed by atoms with Gasteiger partial charge in [0.1, 0.15) is 36.5 Å². The molecule has 0 fully saturated rings. The van der Waals surface area contributed by atoms with Gasteiger partial charge in [0.25, 0.3) is 0 Å². The van der Waals surface area contributed by atoms with Crippen molar-refractivity contribution in [3.8, 4) is 34.4 Å². The molecule has 0 aliphatic heterocycles. The molecule has 4 rings (SSSR count). The van der Waals surface area contributed by atoms with Crippen molar-refractivity contribution >= 4 is 11.6 Å². The Hall–Kier alpha value is -4.25. The van der Waals surface area contributed by atoms with Crippen LogP contribution in [0.25, 0.3) is 11.1 Å². The van der Waals surface area contributed by atoms with Crippen molar-refractivity contribution in [2.45, 2.75) is 65.0 Å². The first kappa shape index (κ1) is 40.5. The molecule has 1 atom stereocenters. The van der Waals surface area contributed by atoms with Crippen molar-refractivity contribution in [2.24, 2.45) is 0 Å². The summed E-state index contributed by atoms with van der Waals surface area (Å²) in [6.07, 6.45) is 3.61. The number of hydrogen-bond donors (Lipinski definition) is 6. The first-order chi connectivity index (χ1) is 25.2. The summed E-state index contributed by atoms with van der Waals surface area (Å²) in [4.78, 5) is 4.13. The van der Waals surface area contributed by atoms with E-state index in [4.69, 9.17) is 30.9 Å². The Morgan fingerprint density at radius 2 is 1.62 bits per heavy atom. The highest BCUT2D eigenvalue weighted by Gasteiger charge is 2.26. The van der Waals surface area contributed by atoms with Crippen LogP contribution in [-0.2, 0) is 19.8 Å². The predicted octanol–water partition coefficient (Wildman–Crippen LogP) is 4.98. The van der Waals surface area contributed by atoms with Gasteiger partial charge in [0.2, 0.25) is 0 Å². The lowest BCUT2D eigenvalue weighted by atomic mass is 9.93. The summed E-state index contributed by atoms with van der Waals surface area (Å²) in [7, 11) is 0. The fourth-order valence-electron chi connectivity index (χ4n) is 5.60. The number of aliphatic hydroxyl groups excluding tert-OH is 4. The molecule has 0 aliphatic rings. The lowest BCUT2D eigenvalue weighted by Gasteiger charge is -2.30. The van der Waals surface area contributed by atoms with E-state index >= 15 is 0 Å². The third-order valence-corrected chi connectivity index (χ3v) is 9.41. The predicted molar refractivity (Wildman–Crippen MR) is 201 cm³/mol. The number of nitrogens with zero attached hydrogens (tertiary/aromatic N) is 2. The van der Waals surface area contributed by atoms with Gasteiger partial charge in [-0.2, -0.15) is 5.26 Å². The van der Waals surface area contributed by atoms with Crippen LogP contribution in [0, 0.1) is 25.2 Å². The minimum atomic E-state index is -0.875. The van der Waals surface area contributed by atoms with Gasteiger partial charge in [0.15, 0.2) is 0 Å². The lowest BCUT2D eigenvalue weighted by Crippen LogP contribution is -2.50. The third-order valence-electron chi connectivity index (χ3n) is 9.12. The minimum absolute atomic E-state index is 0.143. The summed E-state index contributed by atoms with van der Waals surface area (Å²) < 4.78 is 18.7. The second kappa shape index (κ2) is 20.1. The number of ether oxygens (including phenoxy) is 3. The Kier molecular flexibility index (Phi) is 15.7. The highest BCUT2D eigenvalue weighted by Crippen LogP contribution is 2.36. The number of aliphatic hydroxyl groups is 4. The largest absolute Gasteiger partial charge is 0.493 e. The van der Waals surface area contributed by atoms with Crippen molar-refractivity contribution in [3.63, 3.8) is 0 Å². The van der Waals surface area contributed by atoms with Crippen LogP contribution in [0.5, 0.6) is 17.2 Å². The van der Waals surface area contributed by atoms with E-state index in [0.717, 1.165) is 40.0 Å². The van der Waals surface area contributed by atoms with E-state index in [1.54, 1.807) is 24.4 Å². The quantitative estimate of drug-likeness (QED) is 0.0639. The summed E-state index contributed by atoms with van der Waals surface area (Å²) in [6, 6.07) is 19.4. The monoisotopic (exact) mass is 732 g/mol. The molecule has 0 amide bonds. The van der Waals surface area contributed by atoms with Gasteiger partial charge in [0, 0.05) is 42.7 Å². The molecule has 6 N–H and O–H groups in total. The van der Waals surface area contributed by atoms with E-state index in [0.29, 0.717) is 59.3 Å². The second-order valence-electron chi connectivity index (χ2n) is 12.7. The highest BCUT2D eigenvalue weighted by atomic mass is 35.5. The molecule has 0 saturated carbocycles. The maximum Gasteiger partial charge on any atom is 0.142 e. The highest BCUT2D eigenvalue weighted by molar-refractivity contribution is 6.32. The lowest BCUT2D eigenvalue weighted by molar-refractivity contribution is 0.0861. The van der Waals surface area contributed by atoms with Crippen molar-refractivity contribution in [3.05, 3.63) is 105 Å². The molecule has 0 aliphatic carbocycles. The first-order valence-electron chi connectivity index (χ1n) is 17.4. The zero-order valence-electron chi connectivity index (χ0n) is 30.0. The summed E-state index contributed by atoms with van der Waals surface area (Å²) in [5, 5.41) is 54.4. The molecule has 1 heterocycles. The summed E-state index contributed by atoms with van der Waals surface area (Å²) in [5.74, 6) is 1.71. The van der Waals surface area contributed by atoms with E-state index in [2.05, 4.69) is 40.7 Å². The molecular formula is C40H49ClN4O7. The van der Waals surface area contributed by atoms with Gasteiger partial charge in [-0.3, -0.25) is 4.98 Å². The normalized spacial score (nSPS) is 12.0. The van der Waals surface area contributed by atoms with Crippen LogP contribution in [0.15, 0.2) is 67.0 Å². The Balaban J connectivity index is 1.51. The Morgan fingerprint density at radius 3 is 2.33 bits per heavy atom. The number of pyridine rings is 1. The average Bonchev–Trinajstić information content (AvgIpc) is 3.17. The summed E-state index contributed by atoms with van der Waals surface area (Å²) in [6.45, 7) is 7.37. The first-order valence-corrected chi connectivity index (χ1v) is 17.7. The smallest absolute Gasteiger partial charge is 0.142 e. The van der Waals surface area contributed by atoms with Gasteiger partial charge in [-0.05, 0) is 79.3 Å². The van der Waals surface area contributed by atoms with Crippen molar-refractivity contribution < 1.29 is 34.6 Å². The van der Waals surface area contributed by atoms with E-state index in [1.807, 2.05) is 38.1 Å². The molecule has 0 spiro atoms. The number of aromatic nitrogens is 1. The van der Waals surface area contributed by atoms with Crippen LogP contribution in [0.1, 0.15) is 53.1 Å². The Bertz CT molecular complexity index is 1790. The van der Waals surface area contributed by atoms with E-state index < -0.39 is 11.6 Å². The number of rotatable bonds is 21. The van der Waals surface area contributed by atoms with Crippen molar-refractivity contribution in [1.82, 2.24) is 15.6 Å². The summed E-state index contributed by atoms with van der Waals surface area (Å²) >= 11 is 6.78. The van der Waals surface area contributed by atoms with Crippen LogP contribution in [0.3, 0.4) is 0 Å². The molecule has 3 aromatic carbocycles. The molecule has 12 heteroatoms. The maximum atomic E-state index is 9.97. The number of hydrogen-bond acceptors (Lipinski definition) is 11. The standard InChI is InChI=1S/C40H49ClN4O7/c1-4-40(25-47,26-48)45-20-32-15-36(41)39(16-38(32)51-23-30-14-29(17-42)18-44-19-30)52-24-31-8-5-9-34(27(31)2)35-10-6-11-37(28(35)3)50-13-7-12-43-21-33(49)22-46/h5-6,8-11,14-16,18-19,33,43,45-49H,4,7,12-13,20-26H2,1-3H3. The molecule has 1 unspecified atom stereocenters. The fraction of sp³-hybridized carbons (Fsp3) is 0.400. The molecule has 0 saturated heterocycles. The average molecular weight is 733 g/mol. The van der Waals surface area contributed by atoms with Crippen LogP contribution >= 0.6 is 11.6 Å². The van der Waals surface area contributed by atoms with Crippen molar-refractivity contribution in [2.75, 3.05) is 39.5 Å². The van der Waals surface area contributed by atoms with E-state index in [1.165, 1.54) is 6.20 Å². The van der Waals surface area contributed by atoms with Crippen LogP contribution < -0.4 is 24.8 Å². The number of benzene rings is 3. The Morgan fingerprint density at radius 1 is 0.885 bits per heavy atom. The van der Waals surface area contributed by atoms with Crippen LogP contribution in [0.2, 0.25) is 5.02 Å². The topological polar surface area (TPSA) is 169 Å². The third kappa shape index (κ3) is 10.9. The molecule has 1 aromatic heterocycles. The molecule has 52 heavy (non-hydrogen) atoms. The van der Waals surface area contributed by atoms with Gasteiger partial charge in [0.05, 0.1) is 48.7 Å². The molecule has 0 radical (unpaired) electrons. The SMILES string of the molecule is CCC(CO)(CO)NCc1cc(Cl)c(OCc2cccc(-c3cccc(OCCCNCC(O)CO)c3C)c2C)cc1OCc1cncc(C#N)c1. The van der Waals surface area contributed by atoms with Gasteiger partial charge < -0.3 is 45.3 Å². The van der Waals surface area contributed by atoms with Crippen LogP contribution in [-0.4, -0.2) is 76.6 Å². The number of nitriles is 1. The zero-order valence-corrected chi connectivity index (χ0v) is 30.7. The number of nitrogens with one attached hydrogen (secondary N) is 2. The second-order valence-corrected chi connectivity index (χ2v) is 13.1. The number of halogens is 1. The van der Waals surface area contributed by atoms with E-state index in [9.17, 15) is 20.6 Å². The molecule has 0 bridgehead atoms. The van der Waals surface area contributed by atoms with Crippen molar-refractivity contribution in [1.29, 1.82) is 5.26 Å². The molecule has 11 nitrogen and oxygen atoms in total. The van der Waals surface area contributed by atoms with Gasteiger partial charge >= 0.3 is 0 Å². The zero-order chi connectivity index (χ0) is 37.5. The van der Waals surface area contributed by atoms with Crippen LogP contribution in [0.4, 0.5) is 0 Å². The maximum absolute atomic E-state index is 9.97. The molecule has 278 valence electrons. The van der Waals surface area contributed by atoms with Gasteiger partial charge in [-0.1, -0.05) is 48.9 Å². The minimum Gasteiger partial charge on any atom is -0.493 e. The van der Waals surface area contributed by atoms with Gasteiger partial charge in [-0.15, -0.1) is 0 Å². The molecular weight excluding hydrogens is 684 g/mol.